The fraction of sp³-hybridized carbons (Fsp3) is 0.789. The molecular weight excluding hydrogens is 550 g/mol. The molecule has 0 aliphatic heterocycles. The first-order valence-electron chi connectivity index (χ1n) is 18.1. The molecule has 0 radical (unpaired) electrons. The number of ether oxygens (including phenoxy) is 2. The van der Waals surface area contributed by atoms with Crippen molar-refractivity contribution in [3.8, 4) is 0 Å². The highest BCUT2D eigenvalue weighted by Crippen LogP contribution is 2.84. The molecule has 0 bridgehead atoms. The third kappa shape index (κ3) is 6.24. The number of rotatable bonds is 9. The van der Waals surface area contributed by atoms with Crippen molar-refractivity contribution in [3.63, 3.8) is 0 Å². The van der Waals surface area contributed by atoms with E-state index in [4.69, 9.17) is 9.47 Å². The van der Waals surface area contributed by atoms with Crippen LogP contribution in [0.5, 0.6) is 0 Å². The lowest BCUT2D eigenvalue weighted by Crippen LogP contribution is -2.55. The van der Waals surface area contributed by atoms with Crippen molar-refractivity contribution in [2.45, 2.75) is 174 Å². The van der Waals surface area contributed by atoms with Gasteiger partial charge in [0.2, 0.25) is 0 Å². The summed E-state index contributed by atoms with van der Waals surface area (Å²) in [5.41, 5.74) is 5.22. The minimum absolute atomic E-state index is 0.204. The first kappa shape index (κ1) is 31.7. The van der Waals surface area contributed by atoms with Gasteiger partial charge in [-0.05, 0) is 92.1 Å². The van der Waals surface area contributed by atoms with Crippen molar-refractivity contribution in [2.24, 2.45) is 0 Å². The molecule has 1 aromatic carbocycles. The Morgan fingerprint density at radius 1 is 0.548 bits per heavy atom. The molecule has 5 aliphatic rings. The average molecular weight is 611 g/mol. The van der Waals surface area contributed by atoms with Gasteiger partial charge in [0.15, 0.2) is 5.79 Å². The highest BCUT2D eigenvalue weighted by atomic mass is 31.2. The Balaban J connectivity index is 1.62. The summed E-state index contributed by atoms with van der Waals surface area (Å²) >= 11 is 0. The van der Waals surface area contributed by atoms with Crippen molar-refractivity contribution in [1.82, 2.24) is 0 Å². The normalized spacial score (nSPS) is 28.4. The summed E-state index contributed by atoms with van der Waals surface area (Å²) in [5.74, 6) is -0.385. The molecule has 0 saturated heterocycles. The molecule has 1 atom stereocenters. The third-order valence-electron chi connectivity index (χ3n) is 12.2. The van der Waals surface area contributed by atoms with Gasteiger partial charge in [0.05, 0.1) is 5.92 Å². The fourth-order valence-corrected chi connectivity index (χ4v) is 22.8. The van der Waals surface area contributed by atoms with Crippen molar-refractivity contribution >= 4 is 15.8 Å². The van der Waals surface area contributed by atoms with Gasteiger partial charge in [-0.25, -0.2) is 0 Å². The van der Waals surface area contributed by atoms with Crippen molar-refractivity contribution < 1.29 is 9.47 Å². The fourth-order valence-electron chi connectivity index (χ4n) is 10.5. The maximum atomic E-state index is 6.71. The van der Waals surface area contributed by atoms with Crippen LogP contribution in [-0.2, 0) is 9.47 Å². The molecule has 0 aromatic heterocycles. The van der Waals surface area contributed by atoms with Crippen LogP contribution in [0.4, 0.5) is 0 Å². The predicted molar refractivity (Wildman–Crippen MR) is 184 cm³/mol. The Hall–Kier alpha value is -0.260. The first-order chi connectivity index (χ1) is 20.7. The number of allylic oxidation sites excluding steroid dienone is 1. The molecule has 4 heteroatoms. The van der Waals surface area contributed by atoms with Crippen LogP contribution in [0.15, 0.2) is 42.5 Å². The molecule has 1 unspecified atom stereocenters. The summed E-state index contributed by atoms with van der Waals surface area (Å²) in [5, 5.41) is 0. The van der Waals surface area contributed by atoms with E-state index in [2.05, 4.69) is 42.5 Å². The summed E-state index contributed by atoms with van der Waals surface area (Å²) in [6.07, 6.45) is 35.7. The van der Waals surface area contributed by atoms with Crippen LogP contribution in [0.2, 0.25) is 0 Å². The van der Waals surface area contributed by atoms with Gasteiger partial charge in [-0.1, -0.05) is 129 Å². The third-order valence-corrected chi connectivity index (χ3v) is 21.4. The SMILES string of the molecule is COC1(OC)C=CCC(P(C2CCCCC2)C2CCCCC2)(P(C2CCCCC2)C2CCCCC2)C1c1ccccc1. The zero-order valence-electron chi connectivity index (χ0n) is 27.0. The van der Waals surface area contributed by atoms with Crippen LogP contribution in [0.1, 0.15) is 146 Å². The Bertz CT molecular complexity index is 890. The summed E-state index contributed by atoms with van der Waals surface area (Å²) in [6.45, 7) is 0. The molecule has 234 valence electrons. The Morgan fingerprint density at radius 2 is 0.929 bits per heavy atom. The average Bonchev–Trinajstić information content (AvgIpc) is 3.07. The molecule has 4 saturated carbocycles. The molecule has 0 N–H and O–H groups in total. The summed E-state index contributed by atoms with van der Waals surface area (Å²) in [7, 11) is 3.50. The molecule has 4 fully saturated rings. The zero-order chi connectivity index (χ0) is 28.8. The monoisotopic (exact) mass is 610 g/mol. The van der Waals surface area contributed by atoms with Gasteiger partial charge in [-0.2, -0.15) is 0 Å². The molecule has 0 heterocycles. The predicted octanol–water partition coefficient (Wildman–Crippen LogP) is 11.7. The quantitative estimate of drug-likeness (QED) is 0.157. The van der Waals surface area contributed by atoms with Gasteiger partial charge >= 0.3 is 0 Å². The second-order valence-electron chi connectivity index (χ2n) is 14.4. The highest BCUT2D eigenvalue weighted by molar-refractivity contribution is 7.78. The van der Waals surface area contributed by atoms with E-state index in [1.165, 1.54) is 140 Å². The van der Waals surface area contributed by atoms with E-state index in [-0.39, 0.29) is 21.8 Å². The van der Waals surface area contributed by atoms with Crippen LogP contribution in [0, 0.1) is 0 Å². The minimum Gasteiger partial charge on any atom is -0.349 e. The number of hydrogen-bond donors (Lipinski definition) is 0. The largest absolute Gasteiger partial charge is 0.349 e. The van der Waals surface area contributed by atoms with Crippen LogP contribution >= 0.6 is 15.8 Å². The van der Waals surface area contributed by atoms with E-state index in [1.807, 2.05) is 14.2 Å². The lowest BCUT2D eigenvalue weighted by Gasteiger charge is -2.64. The van der Waals surface area contributed by atoms with Crippen LogP contribution < -0.4 is 0 Å². The van der Waals surface area contributed by atoms with E-state index < -0.39 is 5.79 Å². The van der Waals surface area contributed by atoms with E-state index in [9.17, 15) is 0 Å². The molecule has 0 amide bonds. The molecule has 5 aliphatic carbocycles. The lowest BCUT2D eigenvalue weighted by molar-refractivity contribution is -0.191. The van der Waals surface area contributed by atoms with Gasteiger partial charge in [-0.15, -0.1) is 0 Å². The first-order valence-corrected chi connectivity index (χ1v) is 21.1. The topological polar surface area (TPSA) is 18.5 Å². The minimum atomic E-state index is -0.673. The van der Waals surface area contributed by atoms with E-state index >= 15 is 0 Å². The number of methoxy groups -OCH3 is 2. The van der Waals surface area contributed by atoms with Crippen LogP contribution in [0.3, 0.4) is 0 Å². The summed E-state index contributed by atoms with van der Waals surface area (Å²) in [6, 6.07) is 11.8. The Morgan fingerprint density at radius 3 is 1.29 bits per heavy atom. The van der Waals surface area contributed by atoms with Gasteiger partial charge in [-0.3, -0.25) is 0 Å². The van der Waals surface area contributed by atoms with Crippen LogP contribution in [0.25, 0.3) is 0 Å². The molecule has 2 nitrogen and oxygen atoms in total. The second kappa shape index (κ2) is 14.9. The molecule has 0 spiro atoms. The Labute approximate surface area is 261 Å². The maximum Gasteiger partial charge on any atom is 0.195 e. The van der Waals surface area contributed by atoms with Crippen LogP contribution in [-0.4, -0.2) is 47.5 Å². The molecule has 6 rings (SSSR count). The zero-order valence-corrected chi connectivity index (χ0v) is 28.8. The van der Waals surface area contributed by atoms with Gasteiger partial charge in [0.1, 0.15) is 0 Å². The number of hydrogen-bond acceptors (Lipinski definition) is 2. The van der Waals surface area contributed by atoms with Crippen molar-refractivity contribution in [1.29, 1.82) is 0 Å². The maximum absolute atomic E-state index is 6.71. The smallest absolute Gasteiger partial charge is 0.195 e. The molecule has 42 heavy (non-hydrogen) atoms. The Kier molecular flexibility index (Phi) is 11.2. The standard InChI is InChI=1S/C38H60O2P2/c1-39-37(40-2)29-18-30-38(36(37)31-19-8-3-9-20-31,41(32-21-10-4-11-22-32)33-23-12-5-13-24-33)42(34-25-14-6-15-26-34)35-27-16-7-17-28-35/h3,8-9,18-20,29,32-36H,4-7,10-17,21-28,30H2,1-2H3. The highest BCUT2D eigenvalue weighted by Gasteiger charge is 2.64. The van der Waals surface area contributed by atoms with Crippen molar-refractivity contribution in [2.75, 3.05) is 14.2 Å². The van der Waals surface area contributed by atoms with E-state index in [1.54, 1.807) is 0 Å². The molecular formula is C38H60O2P2. The summed E-state index contributed by atoms with van der Waals surface area (Å²) < 4.78 is 13.4. The van der Waals surface area contributed by atoms with Gasteiger partial charge < -0.3 is 9.47 Å². The number of benzene rings is 1. The summed E-state index contributed by atoms with van der Waals surface area (Å²) in [4.78, 5) is 0.292. The van der Waals surface area contributed by atoms with Gasteiger partial charge in [0, 0.05) is 19.1 Å². The lowest BCUT2D eigenvalue weighted by atomic mass is 9.81. The van der Waals surface area contributed by atoms with E-state index in [0.717, 1.165) is 22.6 Å². The van der Waals surface area contributed by atoms with Gasteiger partial charge in [0.25, 0.3) is 0 Å². The van der Waals surface area contributed by atoms with Crippen molar-refractivity contribution in [3.05, 3.63) is 48.0 Å². The van der Waals surface area contributed by atoms with E-state index in [0.29, 0.717) is 4.90 Å². The second-order valence-corrected chi connectivity index (χ2v) is 20.9. The molecule has 1 aromatic rings.